The molecule has 0 saturated heterocycles. The lowest BCUT2D eigenvalue weighted by Crippen LogP contribution is -2.29. The minimum atomic E-state index is 0.650. The standard InChI is InChI=1S/C17H29NO/c1-6-8-16(18-7-2)10-9-15-11-14(4)17(19-5)12-13(15)3/h11-12,16,18H,6-10H2,1-5H3. The van der Waals surface area contributed by atoms with Gasteiger partial charge in [-0.15, -0.1) is 0 Å². The molecule has 2 heteroatoms. The highest BCUT2D eigenvalue weighted by Crippen LogP contribution is 2.23. The van der Waals surface area contributed by atoms with Crippen LogP contribution in [0.4, 0.5) is 0 Å². The average Bonchev–Trinajstić information content (AvgIpc) is 2.39. The molecule has 2 nitrogen and oxygen atoms in total. The third-order valence-electron chi connectivity index (χ3n) is 3.75. The molecule has 0 amide bonds. The molecule has 0 radical (unpaired) electrons. The third-order valence-corrected chi connectivity index (χ3v) is 3.75. The molecule has 0 heterocycles. The van der Waals surface area contributed by atoms with E-state index in [9.17, 15) is 0 Å². The Morgan fingerprint density at radius 2 is 1.84 bits per heavy atom. The summed E-state index contributed by atoms with van der Waals surface area (Å²) in [4.78, 5) is 0. The first-order valence-corrected chi connectivity index (χ1v) is 7.49. The minimum Gasteiger partial charge on any atom is -0.496 e. The highest BCUT2D eigenvalue weighted by Gasteiger charge is 2.09. The number of hydrogen-bond acceptors (Lipinski definition) is 2. The van der Waals surface area contributed by atoms with Gasteiger partial charge in [0.15, 0.2) is 0 Å². The van der Waals surface area contributed by atoms with Gasteiger partial charge >= 0.3 is 0 Å². The molecule has 0 aliphatic carbocycles. The first-order chi connectivity index (χ1) is 9.12. The van der Waals surface area contributed by atoms with E-state index >= 15 is 0 Å². The van der Waals surface area contributed by atoms with E-state index in [0.29, 0.717) is 6.04 Å². The first-order valence-electron chi connectivity index (χ1n) is 7.49. The van der Waals surface area contributed by atoms with E-state index in [-0.39, 0.29) is 0 Å². The van der Waals surface area contributed by atoms with Crippen LogP contribution in [-0.4, -0.2) is 19.7 Å². The Kier molecular flexibility index (Phi) is 6.93. The number of aryl methyl sites for hydroxylation is 3. The Morgan fingerprint density at radius 1 is 1.11 bits per heavy atom. The number of ether oxygens (including phenoxy) is 1. The van der Waals surface area contributed by atoms with Crippen molar-refractivity contribution in [2.24, 2.45) is 0 Å². The van der Waals surface area contributed by atoms with Crippen molar-refractivity contribution in [3.63, 3.8) is 0 Å². The van der Waals surface area contributed by atoms with E-state index in [0.717, 1.165) is 18.7 Å². The van der Waals surface area contributed by atoms with Gasteiger partial charge in [-0.2, -0.15) is 0 Å². The summed E-state index contributed by atoms with van der Waals surface area (Å²) in [6.45, 7) is 9.80. The normalized spacial score (nSPS) is 12.5. The van der Waals surface area contributed by atoms with Crippen molar-refractivity contribution < 1.29 is 4.74 Å². The Balaban J connectivity index is 2.68. The second kappa shape index (κ2) is 8.21. The van der Waals surface area contributed by atoms with Crippen molar-refractivity contribution >= 4 is 0 Å². The molecule has 1 aromatic carbocycles. The predicted molar refractivity (Wildman–Crippen MR) is 83.2 cm³/mol. The summed E-state index contributed by atoms with van der Waals surface area (Å²) in [5.41, 5.74) is 4.03. The Bertz CT molecular complexity index is 381. The molecule has 0 bridgehead atoms. The molecular formula is C17H29NO. The third kappa shape index (κ3) is 4.87. The van der Waals surface area contributed by atoms with Gasteiger partial charge < -0.3 is 10.1 Å². The molecule has 1 atom stereocenters. The molecule has 108 valence electrons. The second-order valence-corrected chi connectivity index (χ2v) is 5.33. The molecule has 0 fully saturated rings. The van der Waals surface area contributed by atoms with Gasteiger partial charge in [0.1, 0.15) is 5.75 Å². The maximum absolute atomic E-state index is 5.37. The molecule has 1 aromatic rings. The quantitative estimate of drug-likeness (QED) is 0.765. The number of methoxy groups -OCH3 is 1. The summed E-state index contributed by atoms with van der Waals surface area (Å²) < 4.78 is 5.37. The van der Waals surface area contributed by atoms with Crippen LogP contribution in [0.3, 0.4) is 0 Å². The molecule has 1 N–H and O–H groups in total. The summed E-state index contributed by atoms with van der Waals surface area (Å²) in [6, 6.07) is 5.09. The van der Waals surface area contributed by atoms with Crippen LogP contribution in [0, 0.1) is 13.8 Å². The molecule has 1 rings (SSSR count). The highest BCUT2D eigenvalue weighted by molar-refractivity contribution is 5.41. The number of nitrogens with one attached hydrogen (secondary N) is 1. The van der Waals surface area contributed by atoms with Crippen LogP contribution in [0.15, 0.2) is 12.1 Å². The zero-order valence-corrected chi connectivity index (χ0v) is 13.2. The fourth-order valence-electron chi connectivity index (χ4n) is 2.65. The average molecular weight is 263 g/mol. The Morgan fingerprint density at radius 3 is 2.42 bits per heavy atom. The fraction of sp³-hybridized carbons (Fsp3) is 0.647. The van der Waals surface area contributed by atoms with Crippen LogP contribution in [0.2, 0.25) is 0 Å². The van der Waals surface area contributed by atoms with Crippen LogP contribution in [-0.2, 0) is 6.42 Å². The molecule has 0 aliphatic heterocycles. The van der Waals surface area contributed by atoms with Gasteiger partial charge in [-0.05, 0) is 62.4 Å². The monoisotopic (exact) mass is 263 g/mol. The van der Waals surface area contributed by atoms with Gasteiger partial charge in [-0.3, -0.25) is 0 Å². The van der Waals surface area contributed by atoms with Crippen LogP contribution in [0.1, 0.15) is 49.8 Å². The summed E-state index contributed by atoms with van der Waals surface area (Å²) in [6.07, 6.45) is 4.88. The van der Waals surface area contributed by atoms with E-state index in [2.05, 4.69) is 45.1 Å². The van der Waals surface area contributed by atoms with E-state index in [1.807, 2.05) is 0 Å². The second-order valence-electron chi connectivity index (χ2n) is 5.33. The Labute approximate surface area is 118 Å². The van der Waals surface area contributed by atoms with Crippen molar-refractivity contribution in [2.45, 2.75) is 59.4 Å². The van der Waals surface area contributed by atoms with Crippen molar-refractivity contribution in [1.82, 2.24) is 5.32 Å². The van der Waals surface area contributed by atoms with Crippen LogP contribution >= 0.6 is 0 Å². The molecule has 0 aliphatic rings. The maximum Gasteiger partial charge on any atom is 0.122 e. The van der Waals surface area contributed by atoms with Crippen molar-refractivity contribution in [2.75, 3.05) is 13.7 Å². The zero-order chi connectivity index (χ0) is 14.3. The van der Waals surface area contributed by atoms with Gasteiger partial charge in [0, 0.05) is 6.04 Å². The van der Waals surface area contributed by atoms with Crippen molar-refractivity contribution in [1.29, 1.82) is 0 Å². The molecule has 19 heavy (non-hydrogen) atoms. The number of hydrogen-bond donors (Lipinski definition) is 1. The first kappa shape index (κ1) is 16.0. The topological polar surface area (TPSA) is 21.3 Å². The van der Waals surface area contributed by atoms with Crippen LogP contribution in [0.5, 0.6) is 5.75 Å². The van der Waals surface area contributed by atoms with Crippen molar-refractivity contribution in [3.8, 4) is 5.75 Å². The SMILES string of the molecule is CCCC(CCc1cc(C)c(OC)cc1C)NCC. The zero-order valence-electron chi connectivity index (χ0n) is 13.2. The highest BCUT2D eigenvalue weighted by atomic mass is 16.5. The van der Waals surface area contributed by atoms with E-state index in [1.165, 1.54) is 36.0 Å². The van der Waals surface area contributed by atoms with E-state index < -0.39 is 0 Å². The number of benzene rings is 1. The molecule has 1 unspecified atom stereocenters. The van der Waals surface area contributed by atoms with Crippen LogP contribution < -0.4 is 10.1 Å². The van der Waals surface area contributed by atoms with Crippen LogP contribution in [0.25, 0.3) is 0 Å². The smallest absolute Gasteiger partial charge is 0.122 e. The maximum atomic E-state index is 5.37. The molecular weight excluding hydrogens is 234 g/mol. The summed E-state index contributed by atoms with van der Waals surface area (Å²) in [5.74, 6) is 0.998. The summed E-state index contributed by atoms with van der Waals surface area (Å²) in [5, 5.41) is 3.59. The lowest BCUT2D eigenvalue weighted by molar-refractivity contribution is 0.411. The fourth-order valence-corrected chi connectivity index (χ4v) is 2.65. The van der Waals surface area contributed by atoms with Gasteiger partial charge in [0.2, 0.25) is 0 Å². The minimum absolute atomic E-state index is 0.650. The van der Waals surface area contributed by atoms with Gasteiger partial charge in [0.05, 0.1) is 7.11 Å². The molecule has 0 saturated carbocycles. The lowest BCUT2D eigenvalue weighted by atomic mass is 9.97. The molecule has 0 aromatic heterocycles. The summed E-state index contributed by atoms with van der Waals surface area (Å²) in [7, 11) is 1.74. The summed E-state index contributed by atoms with van der Waals surface area (Å²) >= 11 is 0. The Hall–Kier alpha value is -1.02. The predicted octanol–water partition coefficient (Wildman–Crippen LogP) is 4.02. The lowest BCUT2D eigenvalue weighted by Gasteiger charge is -2.18. The van der Waals surface area contributed by atoms with Gasteiger partial charge in [-0.25, -0.2) is 0 Å². The van der Waals surface area contributed by atoms with E-state index in [4.69, 9.17) is 4.74 Å². The van der Waals surface area contributed by atoms with E-state index in [1.54, 1.807) is 7.11 Å². The molecule has 0 spiro atoms. The number of rotatable bonds is 8. The van der Waals surface area contributed by atoms with Crippen molar-refractivity contribution in [3.05, 3.63) is 28.8 Å². The van der Waals surface area contributed by atoms with Gasteiger partial charge in [-0.1, -0.05) is 26.3 Å². The largest absolute Gasteiger partial charge is 0.496 e. The van der Waals surface area contributed by atoms with Gasteiger partial charge in [0.25, 0.3) is 0 Å².